The number of amides is 1. The number of carbonyl (C=O) groups is 1. The first kappa shape index (κ1) is 14.2. The molecule has 0 aliphatic rings. The van der Waals surface area contributed by atoms with Crippen molar-refractivity contribution in [1.82, 2.24) is 20.1 Å². The third kappa shape index (κ3) is 3.89. The minimum absolute atomic E-state index is 0.0734. The number of hydrogen-bond donors (Lipinski definition) is 2. The van der Waals surface area contributed by atoms with Crippen molar-refractivity contribution in [3.05, 3.63) is 43.0 Å². The fourth-order valence-corrected chi connectivity index (χ4v) is 1.82. The second kappa shape index (κ2) is 6.81. The molecular weight excluding hydrogens is 254 g/mol. The maximum absolute atomic E-state index is 11.8. The van der Waals surface area contributed by atoms with Crippen LogP contribution in [0.1, 0.15) is 19.9 Å². The highest BCUT2D eigenvalue weighted by molar-refractivity contribution is 5.92. The Bertz CT molecular complexity index is 526. The van der Waals surface area contributed by atoms with Crippen molar-refractivity contribution in [2.45, 2.75) is 25.9 Å². The van der Waals surface area contributed by atoms with E-state index in [0.29, 0.717) is 0 Å². The first-order chi connectivity index (χ1) is 9.66. The van der Waals surface area contributed by atoms with Crippen molar-refractivity contribution in [1.29, 1.82) is 0 Å². The van der Waals surface area contributed by atoms with E-state index in [9.17, 15) is 4.79 Å². The van der Waals surface area contributed by atoms with E-state index in [1.54, 1.807) is 30.7 Å². The third-order valence-corrected chi connectivity index (χ3v) is 3.21. The van der Waals surface area contributed by atoms with Gasteiger partial charge in [-0.3, -0.25) is 14.5 Å². The van der Waals surface area contributed by atoms with Gasteiger partial charge in [-0.15, -0.1) is 0 Å². The molecular formula is C14H19N5O. The molecule has 106 valence electrons. The van der Waals surface area contributed by atoms with Crippen LogP contribution in [0.3, 0.4) is 0 Å². The summed E-state index contributed by atoms with van der Waals surface area (Å²) in [6.45, 7) is 4.35. The number of nitrogens with one attached hydrogen (secondary N) is 2. The van der Waals surface area contributed by atoms with Crippen molar-refractivity contribution in [3.63, 3.8) is 0 Å². The average molecular weight is 273 g/mol. The number of rotatable bonds is 6. The molecule has 2 unspecified atom stereocenters. The number of pyridine rings is 1. The maximum atomic E-state index is 11.8. The van der Waals surface area contributed by atoms with Gasteiger partial charge in [0.15, 0.2) is 0 Å². The first-order valence-electron chi connectivity index (χ1n) is 6.59. The summed E-state index contributed by atoms with van der Waals surface area (Å²) in [6, 6.07) is 5.72. The maximum Gasteiger partial charge on any atom is 0.238 e. The van der Waals surface area contributed by atoms with Crippen molar-refractivity contribution in [2.75, 3.05) is 11.9 Å². The number of anilines is 1. The van der Waals surface area contributed by atoms with Crippen LogP contribution in [-0.4, -0.2) is 33.3 Å². The van der Waals surface area contributed by atoms with E-state index in [1.807, 2.05) is 23.9 Å². The summed E-state index contributed by atoms with van der Waals surface area (Å²) in [5, 5.41) is 10.2. The molecule has 2 N–H and O–H groups in total. The van der Waals surface area contributed by atoms with Gasteiger partial charge in [0.05, 0.1) is 12.6 Å². The molecule has 2 aromatic rings. The summed E-state index contributed by atoms with van der Waals surface area (Å²) in [7, 11) is 0. The lowest BCUT2D eigenvalue weighted by molar-refractivity contribution is -0.115. The van der Waals surface area contributed by atoms with Gasteiger partial charge >= 0.3 is 0 Å². The van der Waals surface area contributed by atoms with Crippen LogP contribution in [0, 0.1) is 0 Å². The van der Waals surface area contributed by atoms with Gasteiger partial charge in [-0.1, -0.05) is 0 Å². The number of hydrogen-bond acceptors (Lipinski definition) is 4. The van der Waals surface area contributed by atoms with Crippen LogP contribution >= 0.6 is 0 Å². The molecule has 2 atom stereocenters. The normalized spacial score (nSPS) is 13.7. The molecule has 2 aromatic heterocycles. The summed E-state index contributed by atoms with van der Waals surface area (Å²) in [6.07, 6.45) is 6.95. The minimum atomic E-state index is -0.0734. The van der Waals surface area contributed by atoms with E-state index < -0.39 is 0 Å². The Morgan fingerprint density at radius 3 is 2.70 bits per heavy atom. The average Bonchev–Trinajstić information content (AvgIpc) is 2.99. The van der Waals surface area contributed by atoms with Crippen molar-refractivity contribution < 1.29 is 4.79 Å². The molecule has 0 bridgehead atoms. The van der Waals surface area contributed by atoms with Crippen LogP contribution in [0.15, 0.2) is 43.0 Å². The highest BCUT2D eigenvalue weighted by Gasteiger charge is 2.14. The lowest BCUT2D eigenvalue weighted by atomic mass is 10.2. The predicted octanol–water partition coefficient (Wildman–Crippen LogP) is 1.46. The van der Waals surface area contributed by atoms with Crippen LogP contribution in [-0.2, 0) is 4.79 Å². The van der Waals surface area contributed by atoms with E-state index in [4.69, 9.17) is 0 Å². The van der Waals surface area contributed by atoms with Gasteiger partial charge in [-0.05, 0) is 32.0 Å². The largest absolute Gasteiger partial charge is 0.325 e. The Labute approximate surface area is 118 Å². The molecule has 0 saturated heterocycles. The van der Waals surface area contributed by atoms with Gasteiger partial charge in [0, 0.05) is 36.5 Å². The number of aromatic nitrogens is 3. The fraction of sp³-hybridized carbons (Fsp3) is 0.357. The van der Waals surface area contributed by atoms with Gasteiger partial charge in [0.25, 0.3) is 0 Å². The van der Waals surface area contributed by atoms with Gasteiger partial charge in [0.2, 0.25) is 5.91 Å². The molecule has 0 aromatic carbocycles. The van der Waals surface area contributed by atoms with E-state index in [0.717, 1.165) is 5.69 Å². The molecule has 2 heterocycles. The molecule has 6 heteroatoms. The topological polar surface area (TPSA) is 71.8 Å². The Kier molecular flexibility index (Phi) is 4.84. The minimum Gasteiger partial charge on any atom is -0.325 e. The lowest BCUT2D eigenvalue weighted by Gasteiger charge is -2.21. The summed E-state index contributed by atoms with van der Waals surface area (Å²) < 4.78 is 1.87. The monoisotopic (exact) mass is 273 g/mol. The molecule has 2 rings (SSSR count). The molecule has 0 fully saturated rings. The second-order valence-corrected chi connectivity index (χ2v) is 4.68. The zero-order chi connectivity index (χ0) is 14.4. The number of nitrogens with zero attached hydrogens (tertiary/aromatic N) is 3. The Morgan fingerprint density at radius 2 is 2.05 bits per heavy atom. The van der Waals surface area contributed by atoms with E-state index in [-0.39, 0.29) is 24.5 Å². The smallest absolute Gasteiger partial charge is 0.238 e. The molecule has 0 saturated carbocycles. The van der Waals surface area contributed by atoms with Gasteiger partial charge in [-0.25, -0.2) is 0 Å². The van der Waals surface area contributed by atoms with Crippen molar-refractivity contribution >= 4 is 11.6 Å². The molecule has 6 nitrogen and oxygen atoms in total. The first-order valence-corrected chi connectivity index (χ1v) is 6.59. The summed E-state index contributed by atoms with van der Waals surface area (Å²) in [5.41, 5.74) is 0.750. The van der Waals surface area contributed by atoms with Crippen LogP contribution < -0.4 is 10.6 Å². The Morgan fingerprint density at radius 1 is 1.30 bits per heavy atom. The summed E-state index contributed by atoms with van der Waals surface area (Å²) in [5.74, 6) is -0.0734. The SMILES string of the molecule is CC(NCC(=O)Nc1ccncc1)C(C)n1cccn1. The quantitative estimate of drug-likeness (QED) is 0.835. The van der Waals surface area contributed by atoms with Crippen molar-refractivity contribution in [2.24, 2.45) is 0 Å². The van der Waals surface area contributed by atoms with Crippen LogP contribution in [0.25, 0.3) is 0 Å². The van der Waals surface area contributed by atoms with Gasteiger partial charge in [-0.2, -0.15) is 5.10 Å². The van der Waals surface area contributed by atoms with E-state index in [1.165, 1.54) is 0 Å². The zero-order valence-electron chi connectivity index (χ0n) is 11.7. The van der Waals surface area contributed by atoms with E-state index in [2.05, 4.69) is 27.6 Å². The molecule has 0 radical (unpaired) electrons. The predicted molar refractivity (Wildman–Crippen MR) is 77.3 cm³/mol. The zero-order valence-corrected chi connectivity index (χ0v) is 11.7. The van der Waals surface area contributed by atoms with Gasteiger partial charge < -0.3 is 10.6 Å². The van der Waals surface area contributed by atoms with E-state index >= 15 is 0 Å². The Balaban J connectivity index is 1.78. The Hall–Kier alpha value is -2.21. The molecule has 0 aliphatic heterocycles. The summed E-state index contributed by atoms with van der Waals surface area (Å²) in [4.78, 5) is 15.7. The van der Waals surface area contributed by atoms with Gasteiger partial charge in [0.1, 0.15) is 0 Å². The standard InChI is InChI=1S/C14H19N5O/c1-11(12(2)19-9-3-6-17-19)16-10-14(20)18-13-4-7-15-8-5-13/h3-9,11-12,16H,10H2,1-2H3,(H,15,18,20). The number of carbonyl (C=O) groups excluding carboxylic acids is 1. The second-order valence-electron chi connectivity index (χ2n) is 4.68. The van der Waals surface area contributed by atoms with Crippen LogP contribution in [0.5, 0.6) is 0 Å². The lowest BCUT2D eigenvalue weighted by Crippen LogP contribution is -2.39. The molecule has 0 spiro atoms. The highest BCUT2D eigenvalue weighted by atomic mass is 16.1. The van der Waals surface area contributed by atoms with Crippen LogP contribution in [0.4, 0.5) is 5.69 Å². The molecule has 0 aliphatic carbocycles. The highest BCUT2D eigenvalue weighted by Crippen LogP contribution is 2.08. The third-order valence-electron chi connectivity index (χ3n) is 3.21. The van der Waals surface area contributed by atoms with Crippen LogP contribution in [0.2, 0.25) is 0 Å². The molecule has 20 heavy (non-hydrogen) atoms. The molecule has 1 amide bonds. The summed E-state index contributed by atoms with van der Waals surface area (Å²) >= 11 is 0. The van der Waals surface area contributed by atoms with Crippen molar-refractivity contribution in [3.8, 4) is 0 Å². The fourth-order valence-electron chi connectivity index (χ4n) is 1.82.